The van der Waals surface area contributed by atoms with E-state index in [0.717, 1.165) is 0 Å². The summed E-state index contributed by atoms with van der Waals surface area (Å²) in [5.74, 6) is 0.0790. The van der Waals surface area contributed by atoms with Crippen molar-refractivity contribution in [3.63, 3.8) is 0 Å². The van der Waals surface area contributed by atoms with Gasteiger partial charge < -0.3 is 10.2 Å². The van der Waals surface area contributed by atoms with Crippen molar-refractivity contribution in [1.29, 1.82) is 0 Å². The van der Waals surface area contributed by atoms with Gasteiger partial charge in [0.25, 0.3) is 0 Å². The van der Waals surface area contributed by atoms with Crippen molar-refractivity contribution >= 4 is 21.7 Å². The van der Waals surface area contributed by atoms with Crippen molar-refractivity contribution < 1.29 is 18.0 Å². The van der Waals surface area contributed by atoms with Crippen LogP contribution >= 0.6 is 0 Å². The molecule has 2 saturated heterocycles. The molecule has 2 heterocycles. The Morgan fingerprint density at radius 3 is 2.45 bits per heavy atom. The molecular formula is C13H22N2O4S. The van der Waals surface area contributed by atoms with Gasteiger partial charge >= 0.3 is 0 Å². The third-order valence-corrected chi connectivity index (χ3v) is 5.99. The van der Waals surface area contributed by atoms with Gasteiger partial charge in [-0.25, -0.2) is 8.42 Å². The van der Waals surface area contributed by atoms with E-state index in [2.05, 4.69) is 5.32 Å². The number of nitrogens with one attached hydrogen (secondary N) is 1. The third-order valence-electron chi connectivity index (χ3n) is 4.15. The van der Waals surface area contributed by atoms with E-state index < -0.39 is 21.9 Å². The summed E-state index contributed by atoms with van der Waals surface area (Å²) in [5.41, 5.74) is 0. The number of piperazine rings is 1. The van der Waals surface area contributed by atoms with Crippen LogP contribution in [0.15, 0.2) is 0 Å². The van der Waals surface area contributed by atoms with Gasteiger partial charge in [0.2, 0.25) is 11.8 Å². The van der Waals surface area contributed by atoms with Crippen LogP contribution in [0.5, 0.6) is 0 Å². The van der Waals surface area contributed by atoms with Gasteiger partial charge in [-0.3, -0.25) is 9.59 Å². The number of carbonyl (C=O) groups excluding carboxylic acids is 2. The van der Waals surface area contributed by atoms with E-state index in [4.69, 9.17) is 0 Å². The summed E-state index contributed by atoms with van der Waals surface area (Å²) < 4.78 is 23.0. The molecule has 0 bridgehead atoms. The van der Waals surface area contributed by atoms with Crippen LogP contribution in [0.4, 0.5) is 0 Å². The molecule has 20 heavy (non-hydrogen) atoms. The molecule has 0 radical (unpaired) electrons. The van der Waals surface area contributed by atoms with Gasteiger partial charge in [0, 0.05) is 6.54 Å². The van der Waals surface area contributed by atoms with Crippen LogP contribution in [-0.4, -0.2) is 55.3 Å². The molecule has 3 unspecified atom stereocenters. The largest absolute Gasteiger partial charge is 0.343 e. The first-order chi connectivity index (χ1) is 9.38. The van der Waals surface area contributed by atoms with E-state index in [1.807, 2.05) is 13.8 Å². The molecule has 0 aliphatic carbocycles. The summed E-state index contributed by atoms with van der Waals surface area (Å²) >= 11 is 0. The van der Waals surface area contributed by atoms with E-state index >= 15 is 0 Å². The highest BCUT2D eigenvalue weighted by atomic mass is 32.2. The fourth-order valence-electron chi connectivity index (χ4n) is 3.02. The standard InChI is InChI=1S/C13H22N2O4S/c1-3-10-13(17)15(11(4-2)12(16)14-10)7-9-5-6-20(18,19)8-9/h9-11H,3-8H2,1-2H3,(H,14,16). The average Bonchev–Trinajstić information content (AvgIpc) is 2.73. The molecule has 1 N–H and O–H groups in total. The molecule has 0 aromatic carbocycles. The molecule has 0 saturated carbocycles. The Morgan fingerprint density at radius 1 is 1.25 bits per heavy atom. The molecule has 2 rings (SSSR count). The van der Waals surface area contributed by atoms with Gasteiger partial charge in [0.05, 0.1) is 11.5 Å². The summed E-state index contributed by atoms with van der Waals surface area (Å²) in [7, 11) is -2.96. The maximum Gasteiger partial charge on any atom is 0.245 e. The topological polar surface area (TPSA) is 83.6 Å². The average molecular weight is 302 g/mol. The molecule has 2 aliphatic rings. The third kappa shape index (κ3) is 2.97. The minimum atomic E-state index is -2.96. The minimum Gasteiger partial charge on any atom is -0.343 e. The summed E-state index contributed by atoms with van der Waals surface area (Å²) in [6, 6.07) is -0.933. The zero-order valence-electron chi connectivity index (χ0n) is 12.0. The van der Waals surface area contributed by atoms with Gasteiger partial charge in [-0.15, -0.1) is 0 Å². The van der Waals surface area contributed by atoms with Crippen LogP contribution < -0.4 is 5.32 Å². The monoisotopic (exact) mass is 302 g/mol. The predicted octanol–water partition coefficient (Wildman–Crippen LogP) is -0.0633. The Balaban J connectivity index is 2.13. The SMILES string of the molecule is CCC1NC(=O)C(CC)N(CC2CCS(=O)(=O)C2)C1=O. The highest BCUT2D eigenvalue weighted by molar-refractivity contribution is 7.91. The van der Waals surface area contributed by atoms with Gasteiger partial charge in [0.15, 0.2) is 9.84 Å². The first-order valence-corrected chi connectivity index (χ1v) is 9.01. The normalized spacial score (nSPS) is 33.3. The van der Waals surface area contributed by atoms with E-state index in [1.54, 1.807) is 4.90 Å². The van der Waals surface area contributed by atoms with Crippen LogP contribution in [0.3, 0.4) is 0 Å². The highest BCUT2D eigenvalue weighted by Crippen LogP contribution is 2.23. The Morgan fingerprint density at radius 2 is 1.95 bits per heavy atom. The summed E-state index contributed by atoms with van der Waals surface area (Å²) in [6.07, 6.45) is 1.69. The van der Waals surface area contributed by atoms with Gasteiger partial charge in [0.1, 0.15) is 12.1 Å². The number of rotatable bonds is 4. The second-order valence-corrected chi connectivity index (χ2v) is 7.88. The molecule has 2 fully saturated rings. The van der Waals surface area contributed by atoms with E-state index in [1.165, 1.54) is 0 Å². The summed E-state index contributed by atoms with van der Waals surface area (Å²) in [4.78, 5) is 26.0. The molecule has 0 aromatic rings. The number of sulfone groups is 1. The second-order valence-electron chi connectivity index (χ2n) is 5.65. The lowest BCUT2D eigenvalue weighted by Crippen LogP contribution is -2.63. The van der Waals surface area contributed by atoms with Gasteiger partial charge in [-0.1, -0.05) is 13.8 Å². The smallest absolute Gasteiger partial charge is 0.245 e. The number of carbonyl (C=O) groups is 2. The first-order valence-electron chi connectivity index (χ1n) is 7.19. The molecule has 2 amide bonds. The molecule has 0 aromatic heterocycles. The van der Waals surface area contributed by atoms with Crippen molar-refractivity contribution in [3.05, 3.63) is 0 Å². The molecule has 0 spiro atoms. The van der Waals surface area contributed by atoms with Gasteiger partial charge in [-0.2, -0.15) is 0 Å². The lowest BCUT2D eigenvalue weighted by Gasteiger charge is -2.39. The lowest BCUT2D eigenvalue weighted by molar-refractivity contribution is -0.150. The molecule has 7 heteroatoms. The van der Waals surface area contributed by atoms with Gasteiger partial charge in [-0.05, 0) is 25.2 Å². The van der Waals surface area contributed by atoms with Crippen molar-refractivity contribution in [2.75, 3.05) is 18.1 Å². The fourth-order valence-corrected chi connectivity index (χ4v) is 4.87. The summed E-state index contributed by atoms with van der Waals surface area (Å²) in [6.45, 7) is 4.09. The maximum absolute atomic E-state index is 12.4. The molecule has 6 nitrogen and oxygen atoms in total. The van der Waals surface area contributed by atoms with Crippen LogP contribution in [0.1, 0.15) is 33.1 Å². The predicted molar refractivity (Wildman–Crippen MR) is 74.8 cm³/mol. The van der Waals surface area contributed by atoms with E-state index in [-0.39, 0.29) is 29.2 Å². The fraction of sp³-hybridized carbons (Fsp3) is 0.846. The van der Waals surface area contributed by atoms with E-state index in [0.29, 0.717) is 25.8 Å². The Kier molecular flexibility index (Phi) is 4.36. The zero-order chi connectivity index (χ0) is 14.9. The molecule has 2 aliphatic heterocycles. The van der Waals surface area contributed by atoms with Crippen molar-refractivity contribution in [1.82, 2.24) is 10.2 Å². The Bertz CT molecular complexity index is 503. The molecular weight excluding hydrogens is 280 g/mol. The number of nitrogens with zero attached hydrogens (tertiary/aromatic N) is 1. The Labute approximate surface area is 119 Å². The van der Waals surface area contributed by atoms with Crippen LogP contribution in [0, 0.1) is 5.92 Å². The highest BCUT2D eigenvalue weighted by Gasteiger charge is 2.41. The van der Waals surface area contributed by atoms with Crippen molar-refractivity contribution in [3.8, 4) is 0 Å². The molecule has 114 valence electrons. The zero-order valence-corrected chi connectivity index (χ0v) is 12.8. The number of hydrogen-bond donors (Lipinski definition) is 1. The maximum atomic E-state index is 12.4. The first kappa shape index (κ1) is 15.3. The van der Waals surface area contributed by atoms with Crippen molar-refractivity contribution in [2.45, 2.75) is 45.2 Å². The number of amides is 2. The summed E-state index contributed by atoms with van der Waals surface area (Å²) in [5, 5.41) is 2.74. The number of hydrogen-bond acceptors (Lipinski definition) is 4. The Hall–Kier alpha value is -1.11. The quantitative estimate of drug-likeness (QED) is 0.788. The second kappa shape index (κ2) is 5.71. The minimum absolute atomic E-state index is 0.0404. The van der Waals surface area contributed by atoms with Crippen LogP contribution in [0.2, 0.25) is 0 Å². The van der Waals surface area contributed by atoms with Crippen LogP contribution in [0.25, 0.3) is 0 Å². The molecule has 3 atom stereocenters. The lowest BCUT2D eigenvalue weighted by atomic mass is 10.00. The van der Waals surface area contributed by atoms with E-state index in [9.17, 15) is 18.0 Å². The van der Waals surface area contributed by atoms with Crippen LogP contribution in [-0.2, 0) is 19.4 Å². The van der Waals surface area contributed by atoms with Crippen molar-refractivity contribution in [2.24, 2.45) is 5.92 Å².